The first-order valence-corrected chi connectivity index (χ1v) is 7.86. The van der Waals surface area contributed by atoms with Crippen LogP contribution in [0.5, 0.6) is 0 Å². The summed E-state index contributed by atoms with van der Waals surface area (Å²) in [6, 6.07) is 20.9. The van der Waals surface area contributed by atoms with E-state index >= 15 is 0 Å². The fourth-order valence-electron chi connectivity index (χ4n) is 2.55. The Bertz CT molecular complexity index is 565. The Hall–Kier alpha value is -1.60. The zero-order valence-electron chi connectivity index (χ0n) is 14.2. The molecule has 0 fully saturated rings. The van der Waals surface area contributed by atoms with Gasteiger partial charge in [0.05, 0.1) is 13.2 Å². The second-order valence-corrected chi connectivity index (χ2v) is 5.60. The molecule has 0 bridgehead atoms. The van der Waals surface area contributed by atoms with Crippen LogP contribution in [0.4, 0.5) is 0 Å². The Morgan fingerprint density at radius 2 is 1.54 bits per heavy atom. The molecule has 0 aromatic heterocycles. The van der Waals surface area contributed by atoms with Crippen molar-refractivity contribution in [1.29, 1.82) is 0 Å². The molecule has 1 atom stereocenters. The summed E-state index contributed by atoms with van der Waals surface area (Å²) in [5.41, 5.74) is 8.47. The van der Waals surface area contributed by atoms with Crippen molar-refractivity contribution in [3.05, 3.63) is 71.8 Å². The van der Waals surface area contributed by atoms with E-state index in [4.69, 9.17) is 10.5 Å². The van der Waals surface area contributed by atoms with E-state index in [9.17, 15) is 0 Å². The standard InChI is InChI=1S/C19H25N3O.HI/c1-15(14-23-2)22-19(20)21-13-18(16-9-5-3-6-10-16)17-11-7-4-8-12-17;/h3-12,15,18H,13-14H2,1-2H3,(H3,20,21,22);1H. The minimum Gasteiger partial charge on any atom is -0.383 e. The third-order valence-corrected chi connectivity index (χ3v) is 3.66. The van der Waals surface area contributed by atoms with Gasteiger partial charge in [0.2, 0.25) is 0 Å². The number of nitrogens with two attached hydrogens (primary N) is 1. The summed E-state index contributed by atoms with van der Waals surface area (Å²) in [6.07, 6.45) is 0. The summed E-state index contributed by atoms with van der Waals surface area (Å²) in [5.74, 6) is 0.641. The van der Waals surface area contributed by atoms with E-state index in [1.807, 2.05) is 19.1 Å². The Balaban J connectivity index is 0.00000288. The molecule has 2 aromatic rings. The van der Waals surface area contributed by atoms with Gasteiger partial charge in [0.15, 0.2) is 5.96 Å². The number of hydrogen-bond acceptors (Lipinski definition) is 2. The second-order valence-electron chi connectivity index (χ2n) is 5.60. The average Bonchev–Trinajstić information content (AvgIpc) is 2.57. The summed E-state index contributed by atoms with van der Waals surface area (Å²) in [7, 11) is 1.67. The van der Waals surface area contributed by atoms with E-state index in [1.54, 1.807) is 7.11 Å². The zero-order chi connectivity index (χ0) is 16.5. The van der Waals surface area contributed by atoms with Gasteiger partial charge in [-0.3, -0.25) is 4.99 Å². The highest BCUT2D eigenvalue weighted by molar-refractivity contribution is 14.0. The molecule has 0 spiro atoms. The molecule has 1 unspecified atom stereocenters. The van der Waals surface area contributed by atoms with E-state index < -0.39 is 0 Å². The molecule has 130 valence electrons. The minimum atomic E-state index is 0. The monoisotopic (exact) mass is 439 g/mol. The van der Waals surface area contributed by atoms with Crippen molar-refractivity contribution >= 4 is 29.9 Å². The van der Waals surface area contributed by atoms with Gasteiger partial charge in [0.25, 0.3) is 0 Å². The van der Waals surface area contributed by atoms with Gasteiger partial charge in [-0.05, 0) is 18.1 Å². The van der Waals surface area contributed by atoms with E-state index in [0.717, 1.165) is 0 Å². The Morgan fingerprint density at radius 3 is 2.00 bits per heavy atom. The van der Waals surface area contributed by atoms with Crippen LogP contribution >= 0.6 is 24.0 Å². The number of methoxy groups -OCH3 is 1. The van der Waals surface area contributed by atoms with Crippen LogP contribution in [0.1, 0.15) is 24.0 Å². The van der Waals surface area contributed by atoms with E-state index in [1.165, 1.54) is 11.1 Å². The van der Waals surface area contributed by atoms with Crippen molar-refractivity contribution in [3.8, 4) is 0 Å². The fourth-order valence-corrected chi connectivity index (χ4v) is 2.55. The van der Waals surface area contributed by atoms with Gasteiger partial charge in [0.1, 0.15) is 0 Å². The van der Waals surface area contributed by atoms with Crippen LogP contribution in [0.2, 0.25) is 0 Å². The van der Waals surface area contributed by atoms with Gasteiger partial charge in [0, 0.05) is 19.1 Å². The molecule has 0 aliphatic rings. The molecule has 4 nitrogen and oxygen atoms in total. The number of nitrogens with one attached hydrogen (secondary N) is 1. The van der Waals surface area contributed by atoms with Gasteiger partial charge in [-0.2, -0.15) is 0 Å². The lowest BCUT2D eigenvalue weighted by Crippen LogP contribution is -2.40. The average molecular weight is 439 g/mol. The van der Waals surface area contributed by atoms with Crippen molar-refractivity contribution in [2.45, 2.75) is 18.9 Å². The number of benzene rings is 2. The molecule has 0 saturated carbocycles. The first kappa shape index (κ1) is 20.4. The molecule has 5 heteroatoms. The number of guanidine groups is 1. The quantitative estimate of drug-likeness (QED) is 0.395. The van der Waals surface area contributed by atoms with Crippen LogP contribution in [0, 0.1) is 0 Å². The number of ether oxygens (including phenoxy) is 1. The van der Waals surface area contributed by atoms with Gasteiger partial charge >= 0.3 is 0 Å². The van der Waals surface area contributed by atoms with Crippen molar-refractivity contribution in [3.63, 3.8) is 0 Å². The molecular formula is C19H26IN3O. The lowest BCUT2D eigenvalue weighted by atomic mass is 9.91. The molecule has 2 aromatic carbocycles. The first-order valence-electron chi connectivity index (χ1n) is 7.86. The van der Waals surface area contributed by atoms with Crippen LogP contribution in [0.3, 0.4) is 0 Å². The van der Waals surface area contributed by atoms with Crippen LogP contribution in [-0.4, -0.2) is 32.3 Å². The number of nitrogens with zero attached hydrogens (tertiary/aromatic N) is 1. The van der Waals surface area contributed by atoms with Gasteiger partial charge in [-0.1, -0.05) is 60.7 Å². The minimum absolute atomic E-state index is 0. The van der Waals surface area contributed by atoms with Crippen molar-refractivity contribution in [2.75, 3.05) is 20.3 Å². The molecule has 0 aliphatic carbocycles. The van der Waals surface area contributed by atoms with Crippen molar-refractivity contribution < 1.29 is 4.74 Å². The van der Waals surface area contributed by atoms with E-state index in [0.29, 0.717) is 19.1 Å². The van der Waals surface area contributed by atoms with Crippen LogP contribution in [0.15, 0.2) is 65.7 Å². The van der Waals surface area contributed by atoms with E-state index in [-0.39, 0.29) is 35.9 Å². The topological polar surface area (TPSA) is 59.6 Å². The highest BCUT2D eigenvalue weighted by Crippen LogP contribution is 2.24. The highest BCUT2D eigenvalue weighted by atomic mass is 127. The lowest BCUT2D eigenvalue weighted by Gasteiger charge is -2.17. The zero-order valence-corrected chi connectivity index (χ0v) is 16.5. The summed E-state index contributed by atoms with van der Waals surface area (Å²) in [4.78, 5) is 4.53. The number of hydrogen-bond donors (Lipinski definition) is 2. The Kier molecular flexibility index (Phi) is 9.41. The molecule has 2 rings (SSSR count). The van der Waals surface area contributed by atoms with E-state index in [2.05, 4.69) is 58.8 Å². The molecule has 0 amide bonds. The highest BCUT2D eigenvalue weighted by Gasteiger charge is 2.13. The maximum absolute atomic E-state index is 5.99. The SMILES string of the molecule is COCC(C)NC(N)=NCC(c1ccccc1)c1ccccc1.I. The summed E-state index contributed by atoms with van der Waals surface area (Å²) in [5, 5.41) is 3.14. The smallest absolute Gasteiger partial charge is 0.188 e. The van der Waals surface area contributed by atoms with Gasteiger partial charge in [-0.15, -0.1) is 24.0 Å². The largest absolute Gasteiger partial charge is 0.383 e. The molecule has 0 heterocycles. The predicted molar refractivity (Wildman–Crippen MR) is 111 cm³/mol. The maximum atomic E-state index is 5.99. The molecule has 0 radical (unpaired) electrons. The van der Waals surface area contributed by atoms with Crippen LogP contribution in [0.25, 0.3) is 0 Å². The number of aliphatic imine (C=N–C) groups is 1. The van der Waals surface area contributed by atoms with Crippen molar-refractivity contribution in [1.82, 2.24) is 5.32 Å². The van der Waals surface area contributed by atoms with Gasteiger partial charge in [-0.25, -0.2) is 0 Å². The lowest BCUT2D eigenvalue weighted by molar-refractivity contribution is 0.179. The number of halogens is 1. The molecule has 24 heavy (non-hydrogen) atoms. The van der Waals surface area contributed by atoms with Crippen LogP contribution in [-0.2, 0) is 4.74 Å². The molecule has 0 saturated heterocycles. The Labute approximate surface area is 161 Å². The van der Waals surface area contributed by atoms with Crippen LogP contribution < -0.4 is 11.1 Å². The molecular weight excluding hydrogens is 413 g/mol. The summed E-state index contributed by atoms with van der Waals surface area (Å²) < 4.78 is 5.10. The summed E-state index contributed by atoms with van der Waals surface area (Å²) in [6.45, 7) is 3.21. The predicted octanol–water partition coefficient (Wildman–Crippen LogP) is 3.38. The summed E-state index contributed by atoms with van der Waals surface area (Å²) >= 11 is 0. The molecule has 3 N–H and O–H groups in total. The normalized spacial score (nSPS) is 12.5. The Morgan fingerprint density at radius 1 is 1.04 bits per heavy atom. The first-order chi connectivity index (χ1) is 11.2. The van der Waals surface area contributed by atoms with Gasteiger partial charge < -0.3 is 15.8 Å². The molecule has 0 aliphatic heterocycles. The fraction of sp³-hybridized carbons (Fsp3) is 0.316. The third-order valence-electron chi connectivity index (χ3n) is 3.66. The number of rotatable bonds is 7. The van der Waals surface area contributed by atoms with Crippen molar-refractivity contribution in [2.24, 2.45) is 10.7 Å². The maximum Gasteiger partial charge on any atom is 0.188 e. The second kappa shape index (κ2) is 11.0. The third kappa shape index (κ3) is 6.49.